The second kappa shape index (κ2) is 4.62. The van der Waals surface area contributed by atoms with Gasteiger partial charge in [-0.05, 0) is 20.8 Å². The van der Waals surface area contributed by atoms with Crippen molar-refractivity contribution in [1.82, 2.24) is 15.6 Å². The number of imide groups is 1. The standard InChI is InChI=1S/C10H15F3N4O3/c1-8(2,5(18)16-14)4-17-6(19)9(3,10(11,12)13)15-7(17)20/h4,14H2,1-3H3,(H,15,20)(H,16,18). The summed E-state index contributed by atoms with van der Waals surface area (Å²) in [6, 6.07) is -1.20. The largest absolute Gasteiger partial charge is 0.420 e. The zero-order chi connectivity index (χ0) is 15.9. The molecule has 0 radical (unpaired) electrons. The van der Waals surface area contributed by atoms with E-state index in [2.05, 4.69) is 0 Å². The fourth-order valence-corrected chi connectivity index (χ4v) is 1.70. The number of hydrazine groups is 1. The van der Waals surface area contributed by atoms with Crippen LogP contribution in [0.3, 0.4) is 0 Å². The summed E-state index contributed by atoms with van der Waals surface area (Å²) in [4.78, 5) is 35.2. The average Bonchev–Trinajstić information content (AvgIpc) is 2.52. The molecular formula is C10H15F3N4O3. The summed E-state index contributed by atoms with van der Waals surface area (Å²) in [7, 11) is 0. The second-order valence-electron chi connectivity index (χ2n) is 5.30. The van der Waals surface area contributed by atoms with Gasteiger partial charge in [0.05, 0.1) is 5.41 Å². The zero-order valence-electron chi connectivity index (χ0n) is 11.1. The lowest BCUT2D eigenvalue weighted by Gasteiger charge is -2.28. The lowest BCUT2D eigenvalue weighted by molar-refractivity contribution is -0.191. The number of nitrogens with zero attached hydrogens (tertiary/aromatic N) is 1. The first-order chi connectivity index (χ1) is 8.87. The fourth-order valence-electron chi connectivity index (χ4n) is 1.70. The van der Waals surface area contributed by atoms with E-state index >= 15 is 0 Å². The number of hydrogen-bond acceptors (Lipinski definition) is 4. The molecule has 1 atom stereocenters. The van der Waals surface area contributed by atoms with Crippen LogP contribution in [-0.2, 0) is 9.59 Å². The minimum Gasteiger partial charge on any atom is -0.316 e. The van der Waals surface area contributed by atoms with E-state index in [1.54, 1.807) is 5.32 Å². The molecule has 0 aromatic carbocycles. The van der Waals surface area contributed by atoms with E-state index in [1.807, 2.05) is 5.43 Å². The Labute approximate surface area is 112 Å². The molecule has 1 rings (SSSR count). The van der Waals surface area contributed by atoms with Crippen LogP contribution in [0.2, 0.25) is 0 Å². The molecule has 0 bridgehead atoms. The summed E-state index contributed by atoms with van der Waals surface area (Å²) in [6.07, 6.45) is -4.94. The van der Waals surface area contributed by atoms with Gasteiger partial charge in [0.1, 0.15) is 0 Å². The Balaban J connectivity index is 3.03. The predicted octanol–water partition coefficient (Wildman–Crippen LogP) is -0.125. The van der Waals surface area contributed by atoms with Gasteiger partial charge < -0.3 is 5.32 Å². The molecule has 4 N–H and O–H groups in total. The van der Waals surface area contributed by atoms with Crippen LogP contribution < -0.4 is 16.6 Å². The van der Waals surface area contributed by atoms with Crippen LogP contribution in [0.4, 0.5) is 18.0 Å². The summed E-state index contributed by atoms with van der Waals surface area (Å²) in [5, 5.41) is 1.60. The van der Waals surface area contributed by atoms with E-state index in [-0.39, 0.29) is 0 Å². The lowest BCUT2D eigenvalue weighted by atomic mass is 9.91. The van der Waals surface area contributed by atoms with Crippen LogP contribution in [0.25, 0.3) is 0 Å². The third kappa shape index (κ3) is 2.42. The van der Waals surface area contributed by atoms with Crippen LogP contribution in [0.5, 0.6) is 0 Å². The number of hydrogen-bond donors (Lipinski definition) is 3. The van der Waals surface area contributed by atoms with Crippen molar-refractivity contribution in [1.29, 1.82) is 0 Å². The summed E-state index contributed by atoms with van der Waals surface area (Å²) in [5.41, 5.74) is -2.48. The highest BCUT2D eigenvalue weighted by molar-refractivity contribution is 6.07. The van der Waals surface area contributed by atoms with Crippen LogP contribution in [0.15, 0.2) is 0 Å². The lowest BCUT2D eigenvalue weighted by Crippen LogP contribution is -2.56. The number of rotatable bonds is 3. The van der Waals surface area contributed by atoms with Crippen molar-refractivity contribution in [2.45, 2.75) is 32.5 Å². The van der Waals surface area contributed by atoms with Crippen LogP contribution in [-0.4, -0.2) is 41.0 Å². The van der Waals surface area contributed by atoms with Crippen molar-refractivity contribution < 1.29 is 27.6 Å². The number of nitrogens with two attached hydrogens (primary N) is 1. The molecule has 20 heavy (non-hydrogen) atoms. The molecule has 1 heterocycles. The number of carbonyl (C=O) groups is 3. The number of amides is 4. The number of alkyl halides is 3. The van der Waals surface area contributed by atoms with Crippen molar-refractivity contribution in [3.63, 3.8) is 0 Å². The van der Waals surface area contributed by atoms with Gasteiger partial charge in [0.2, 0.25) is 11.4 Å². The molecule has 0 aromatic heterocycles. The van der Waals surface area contributed by atoms with E-state index in [0.717, 1.165) is 0 Å². The Kier molecular flexibility index (Phi) is 3.74. The average molecular weight is 296 g/mol. The van der Waals surface area contributed by atoms with E-state index in [1.165, 1.54) is 13.8 Å². The Bertz CT molecular complexity index is 463. The Morgan fingerprint density at radius 3 is 2.25 bits per heavy atom. The summed E-state index contributed by atoms with van der Waals surface area (Å²) in [5.74, 6) is 2.78. The normalized spacial score (nSPS) is 23.9. The molecule has 1 fully saturated rings. The van der Waals surface area contributed by atoms with Gasteiger partial charge in [-0.15, -0.1) is 0 Å². The molecule has 10 heteroatoms. The predicted molar refractivity (Wildman–Crippen MR) is 60.8 cm³/mol. The van der Waals surface area contributed by atoms with E-state index in [4.69, 9.17) is 5.84 Å². The summed E-state index contributed by atoms with van der Waals surface area (Å²) in [6.45, 7) is 2.74. The topological polar surface area (TPSA) is 105 Å². The van der Waals surface area contributed by atoms with Crippen molar-refractivity contribution in [3.8, 4) is 0 Å². The first-order valence-corrected chi connectivity index (χ1v) is 5.58. The maximum Gasteiger partial charge on any atom is 0.420 e. The second-order valence-corrected chi connectivity index (χ2v) is 5.30. The van der Waals surface area contributed by atoms with Crippen LogP contribution in [0, 0.1) is 5.41 Å². The summed E-state index contributed by atoms with van der Waals surface area (Å²) < 4.78 is 38.5. The highest BCUT2D eigenvalue weighted by Gasteiger charge is 2.64. The van der Waals surface area contributed by atoms with E-state index in [0.29, 0.717) is 11.8 Å². The van der Waals surface area contributed by atoms with Gasteiger partial charge in [-0.25, -0.2) is 10.6 Å². The maximum atomic E-state index is 12.8. The highest BCUT2D eigenvalue weighted by Crippen LogP contribution is 2.36. The molecular weight excluding hydrogens is 281 g/mol. The Morgan fingerprint density at radius 1 is 1.40 bits per heavy atom. The zero-order valence-corrected chi connectivity index (χ0v) is 11.1. The number of nitrogens with one attached hydrogen (secondary N) is 2. The third-order valence-electron chi connectivity index (χ3n) is 3.14. The van der Waals surface area contributed by atoms with Gasteiger partial charge in [-0.3, -0.25) is 19.9 Å². The van der Waals surface area contributed by atoms with Gasteiger partial charge in [-0.1, -0.05) is 0 Å². The highest BCUT2D eigenvalue weighted by atomic mass is 19.4. The molecule has 1 unspecified atom stereocenters. The van der Waals surface area contributed by atoms with Crippen LogP contribution in [0.1, 0.15) is 20.8 Å². The first-order valence-electron chi connectivity index (χ1n) is 5.58. The molecule has 1 saturated heterocycles. The van der Waals surface area contributed by atoms with E-state index < -0.39 is 41.5 Å². The SMILES string of the molecule is CC(C)(CN1C(=O)NC(C)(C(F)(F)F)C1=O)C(=O)NN. The van der Waals surface area contributed by atoms with Crippen LogP contribution >= 0.6 is 0 Å². The van der Waals surface area contributed by atoms with Gasteiger partial charge >= 0.3 is 12.2 Å². The molecule has 0 spiro atoms. The molecule has 0 saturated carbocycles. The monoisotopic (exact) mass is 296 g/mol. The van der Waals surface area contributed by atoms with Crippen molar-refractivity contribution in [3.05, 3.63) is 0 Å². The van der Waals surface area contributed by atoms with Crippen molar-refractivity contribution in [2.24, 2.45) is 11.3 Å². The van der Waals surface area contributed by atoms with Gasteiger partial charge in [0.25, 0.3) is 5.91 Å². The quantitative estimate of drug-likeness (QED) is 0.292. The van der Waals surface area contributed by atoms with Gasteiger partial charge in [-0.2, -0.15) is 13.2 Å². The number of halogens is 3. The summed E-state index contributed by atoms with van der Waals surface area (Å²) >= 11 is 0. The van der Waals surface area contributed by atoms with Crippen molar-refractivity contribution >= 4 is 17.8 Å². The molecule has 1 aliphatic heterocycles. The molecule has 0 aliphatic carbocycles. The van der Waals surface area contributed by atoms with E-state index in [9.17, 15) is 27.6 Å². The fraction of sp³-hybridized carbons (Fsp3) is 0.700. The minimum absolute atomic E-state index is 0.364. The van der Waals surface area contributed by atoms with Gasteiger partial charge in [0, 0.05) is 6.54 Å². The molecule has 4 amide bonds. The maximum absolute atomic E-state index is 12.8. The Hall–Kier alpha value is -1.84. The first kappa shape index (κ1) is 16.2. The molecule has 7 nitrogen and oxygen atoms in total. The molecule has 1 aliphatic rings. The Morgan fingerprint density at radius 2 is 1.90 bits per heavy atom. The van der Waals surface area contributed by atoms with Crippen molar-refractivity contribution in [2.75, 3.05) is 6.54 Å². The third-order valence-corrected chi connectivity index (χ3v) is 3.14. The smallest absolute Gasteiger partial charge is 0.316 e. The van der Waals surface area contributed by atoms with Gasteiger partial charge in [0.15, 0.2) is 0 Å². The molecule has 0 aromatic rings. The molecule has 114 valence electrons. The minimum atomic E-state index is -4.94. The number of carbonyl (C=O) groups excluding carboxylic acids is 3. The number of urea groups is 1.